The van der Waals surface area contributed by atoms with Gasteiger partial charge < -0.3 is 10.2 Å². The Hall–Kier alpha value is -1.01. The van der Waals surface area contributed by atoms with Gasteiger partial charge in [-0.15, -0.1) is 6.42 Å². The molecule has 1 fully saturated rings. The fraction of sp³-hybridized carbons (Fsp3) is 0.750. The van der Waals surface area contributed by atoms with Crippen molar-refractivity contribution in [3.8, 4) is 12.3 Å². The van der Waals surface area contributed by atoms with Crippen LogP contribution in [0.5, 0.6) is 0 Å². The second-order valence-electron chi connectivity index (χ2n) is 5.20. The molecule has 0 amide bonds. The van der Waals surface area contributed by atoms with E-state index in [2.05, 4.69) is 5.92 Å². The molecule has 1 rings (SSSR count). The molecule has 0 saturated heterocycles. The van der Waals surface area contributed by atoms with E-state index in [1.165, 1.54) is 0 Å². The van der Waals surface area contributed by atoms with Crippen LogP contribution < -0.4 is 0 Å². The first-order valence-electron chi connectivity index (χ1n) is 5.13. The number of carboxylic acids is 1. The van der Waals surface area contributed by atoms with Gasteiger partial charge in [-0.3, -0.25) is 4.79 Å². The Balaban J connectivity index is 2.72. The van der Waals surface area contributed by atoms with E-state index in [9.17, 15) is 9.90 Å². The van der Waals surface area contributed by atoms with Gasteiger partial charge in [-0.1, -0.05) is 19.8 Å². The number of rotatable bonds is 3. The molecule has 0 unspecified atom stereocenters. The van der Waals surface area contributed by atoms with Crippen LogP contribution in [0.3, 0.4) is 0 Å². The van der Waals surface area contributed by atoms with Crippen molar-refractivity contribution in [2.24, 2.45) is 17.3 Å². The minimum atomic E-state index is -1.13. The molecule has 0 aromatic heterocycles. The van der Waals surface area contributed by atoms with Crippen LogP contribution in [0.1, 0.15) is 33.6 Å². The number of terminal acetylenes is 1. The molecule has 15 heavy (non-hydrogen) atoms. The Morgan fingerprint density at radius 3 is 2.53 bits per heavy atom. The number of aliphatic hydroxyl groups is 1. The smallest absolute Gasteiger partial charge is 0.303 e. The monoisotopic (exact) mass is 210 g/mol. The van der Waals surface area contributed by atoms with E-state index in [4.69, 9.17) is 11.5 Å². The van der Waals surface area contributed by atoms with Crippen molar-refractivity contribution in [2.75, 3.05) is 0 Å². The van der Waals surface area contributed by atoms with Gasteiger partial charge in [0, 0.05) is 12.3 Å². The number of carboxylic acid groups (broad SMARTS) is 1. The van der Waals surface area contributed by atoms with Crippen LogP contribution in [0.2, 0.25) is 0 Å². The molecule has 1 aliphatic carbocycles. The van der Waals surface area contributed by atoms with Crippen LogP contribution in [0, 0.1) is 29.6 Å². The van der Waals surface area contributed by atoms with Crippen molar-refractivity contribution in [3.05, 3.63) is 0 Å². The molecule has 0 radical (unpaired) electrons. The van der Waals surface area contributed by atoms with Gasteiger partial charge in [0.05, 0.1) is 0 Å². The highest BCUT2D eigenvalue weighted by Gasteiger charge is 2.55. The zero-order valence-electron chi connectivity index (χ0n) is 9.45. The second-order valence-corrected chi connectivity index (χ2v) is 5.20. The van der Waals surface area contributed by atoms with Gasteiger partial charge in [-0.25, -0.2) is 0 Å². The van der Waals surface area contributed by atoms with Crippen molar-refractivity contribution in [2.45, 2.75) is 39.2 Å². The average Bonchev–Trinajstić information content (AvgIpc) is 2.11. The van der Waals surface area contributed by atoms with Crippen LogP contribution in [0.25, 0.3) is 0 Å². The first-order valence-corrected chi connectivity index (χ1v) is 5.13. The van der Waals surface area contributed by atoms with Gasteiger partial charge in [0.15, 0.2) is 0 Å². The van der Waals surface area contributed by atoms with Crippen molar-refractivity contribution >= 4 is 5.97 Å². The Morgan fingerprint density at radius 1 is 1.67 bits per heavy atom. The highest BCUT2D eigenvalue weighted by atomic mass is 16.4. The summed E-state index contributed by atoms with van der Waals surface area (Å²) in [5.41, 5.74) is -1.33. The minimum Gasteiger partial charge on any atom is -0.481 e. The normalized spacial score (nSPS) is 32.2. The highest BCUT2D eigenvalue weighted by molar-refractivity contribution is 5.67. The third kappa shape index (κ3) is 2.00. The SMILES string of the molecule is C#C[C@@](C)(O)[C@H]1C[C@@H](CC(=O)O)C1(C)C. The average molecular weight is 210 g/mol. The maximum Gasteiger partial charge on any atom is 0.303 e. The van der Waals surface area contributed by atoms with Crippen LogP contribution in [0.15, 0.2) is 0 Å². The van der Waals surface area contributed by atoms with E-state index >= 15 is 0 Å². The van der Waals surface area contributed by atoms with Gasteiger partial charge in [0.2, 0.25) is 0 Å². The first kappa shape index (κ1) is 12.1. The Morgan fingerprint density at radius 2 is 2.20 bits per heavy atom. The predicted octanol–water partition coefficient (Wildman–Crippen LogP) is 1.51. The fourth-order valence-electron chi connectivity index (χ4n) is 2.63. The topological polar surface area (TPSA) is 57.5 Å². The summed E-state index contributed by atoms with van der Waals surface area (Å²) in [5, 5.41) is 18.7. The van der Waals surface area contributed by atoms with E-state index in [0.717, 1.165) is 0 Å². The Kier molecular flexibility index (Phi) is 2.84. The summed E-state index contributed by atoms with van der Waals surface area (Å²) in [6.07, 6.45) is 6.12. The summed E-state index contributed by atoms with van der Waals surface area (Å²) in [6.45, 7) is 5.57. The fourth-order valence-corrected chi connectivity index (χ4v) is 2.63. The minimum absolute atomic E-state index is 0.0145. The summed E-state index contributed by atoms with van der Waals surface area (Å²) in [6, 6.07) is 0. The van der Waals surface area contributed by atoms with Crippen molar-refractivity contribution in [1.82, 2.24) is 0 Å². The summed E-state index contributed by atoms with van der Waals surface area (Å²) >= 11 is 0. The summed E-state index contributed by atoms with van der Waals surface area (Å²) in [4.78, 5) is 10.6. The lowest BCUT2D eigenvalue weighted by atomic mass is 9.49. The van der Waals surface area contributed by atoms with E-state index in [-0.39, 0.29) is 23.7 Å². The first-order chi connectivity index (χ1) is 6.71. The lowest BCUT2D eigenvalue weighted by Gasteiger charge is -2.56. The van der Waals surface area contributed by atoms with Crippen LogP contribution in [-0.4, -0.2) is 21.8 Å². The van der Waals surface area contributed by atoms with Gasteiger partial charge in [0.25, 0.3) is 0 Å². The molecule has 0 spiro atoms. The molecule has 1 saturated carbocycles. The zero-order valence-corrected chi connectivity index (χ0v) is 9.45. The maximum absolute atomic E-state index is 10.6. The molecule has 3 nitrogen and oxygen atoms in total. The lowest BCUT2D eigenvalue weighted by molar-refractivity contribution is -0.152. The molecule has 84 valence electrons. The molecule has 0 aliphatic heterocycles. The zero-order chi connectivity index (χ0) is 11.9. The molecule has 3 heteroatoms. The second kappa shape index (κ2) is 3.53. The molecule has 3 atom stereocenters. The van der Waals surface area contributed by atoms with Gasteiger partial charge in [-0.05, 0) is 24.7 Å². The van der Waals surface area contributed by atoms with E-state index < -0.39 is 11.6 Å². The summed E-state index contributed by atoms with van der Waals surface area (Å²) in [5.74, 6) is 1.69. The third-order valence-corrected chi connectivity index (χ3v) is 3.86. The number of hydrogen-bond donors (Lipinski definition) is 2. The highest BCUT2D eigenvalue weighted by Crippen LogP contribution is 2.56. The van der Waals surface area contributed by atoms with Gasteiger partial charge >= 0.3 is 5.97 Å². The molecule has 1 aliphatic rings. The van der Waals surface area contributed by atoms with E-state index in [1.54, 1.807) is 6.92 Å². The lowest BCUT2D eigenvalue weighted by Crippen LogP contribution is -2.55. The number of aliphatic carboxylic acids is 1. The molecular formula is C12H18O3. The molecule has 0 bridgehead atoms. The predicted molar refractivity (Wildman–Crippen MR) is 57.1 cm³/mol. The Bertz CT molecular complexity index is 309. The third-order valence-electron chi connectivity index (χ3n) is 3.86. The van der Waals surface area contributed by atoms with Gasteiger partial charge in [0.1, 0.15) is 5.60 Å². The van der Waals surface area contributed by atoms with Crippen LogP contribution >= 0.6 is 0 Å². The number of hydrogen-bond acceptors (Lipinski definition) is 2. The summed E-state index contributed by atoms with van der Waals surface area (Å²) < 4.78 is 0. The van der Waals surface area contributed by atoms with Crippen molar-refractivity contribution in [1.29, 1.82) is 0 Å². The molecule has 0 aromatic carbocycles. The quantitative estimate of drug-likeness (QED) is 0.694. The number of carbonyl (C=O) groups is 1. The maximum atomic E-state index is 10.6. The standard InChI is InChI=1S/C12H18O3/c1-5-12(4,15)9-6-8(7-10(13)14)11(9,2)3/h1,8-9,15H,6-7H2,2-4H3,(H,13,14)/t8-,9-,12+/m0/s1. The van der Waals surface area contributed by atoms with Crippen LogP contribution in [0.4, 0.5) is 0 Å². The molecule has 0 heterocycles. The van der Waals surface area contributed by atoms with Gasteiger partial charge in [-0.2, -0.15) is 0 Å². The Labute approximate surface area is 90.5 Å². The molecule has 2 N–H and O–H groups in total. The van der Waals surface area contributed by atoms with Crippen molar-refractivity contribution in [3.63, 3.8) is 0 Å². The molecule has 0 aromatic rings. The molecular weight excluding hydrogens is 192 g/mol. The van der Waals surface area contributed by atoms with E-state index in [0.29, 0.717) is 6.42 Å². The van der Waals surface area contributed by atoms with E-state index in [1.807, 2.05) is 13.8 Å². The largest absolute Gasteiger partial charge is 0.481 e. The summed E-state index contributed by atoms with van der Waals surface area (Å²) in [7, 11) is 0. The van der Waals surface area contributed by atoms with Crippen LogP contribution in [-0.2, 0) is 4.79 Å². The van der Waals surface area contributed by atoms with Crippen molar-refractivity contribution < 1.29 is 15.0 Å².